The van der Waals surface area contributed by atoms with Crippen LogP contribution in [0.15, 0.2) is 0 Å². The van der Waals surface area contributed by atoms with Crippen molar-refractivity contribution in [2.75, 3.05) is 13.2 Å². The molecule has 0 radical (unpaired) electrons. The number of hydrogen-bond donors (Lipinski definition) is 2. The van der Waals surface area contributed by atoms with Crippen LogP contribution in [-0.2, 0) is 28.2 Å². The maximum atomic E-state index is 11.8. The van der Waals surface area contributed by atoms with Crippen molar-refractivity contribution < 1.29 is 37.9 Å². The lowest BCUT2D eigenvalue weighted by molar-refractivity contribution is -0.159. The molecule has 0 aliphatic rings. The highest BCUT2D eigenvalue weighted by atomic mass is 31.2. The van der Waals surface area contributed by atoms with Gasteiger partial charge < -0.3 is 19.3 Å². The van der Waals surface area contributed by atoms with Crippen molar-refractivity contribution in [1.82, 2.24) is 0 Å². The highest BCUT2D eigenvalue weighted by molar-refractivity contribution is 7.46. The van der Waals surface area contributed by atoms with Crippen LogP contribution in [0.4, 0.5) is 0 Å². The highest BCUT2D eigenvalue weighted by Gasteiger charge is 2.21. The molecule has 1 atom stereocenters. The van der Waals surface area contributed by atoms with E-state index < -0.39 is 32.5 Å². The Morgan fingerprint density at radius 1 is 0.727 bits per heavy atom. The Balaban J connectivity index is 3.55. The lowest BCUT2D eigenvalue weighted by Crippen LogP contribution is -2.28. The first-order valence-corrected chi connectivity index (χ1v) is 14.3. The van der Waals surface area contributed by atoms with Crippen molar-refractivity contribution >= 4 is 19.8 Å². The summed E-state index contributed by atoms with van der Waals surface area (Å²) >= 11 is 0. The summed E-state index contributed by atoms with van der Waals surface area (Å²) in [5.41, 5.74) is 0. The molecule has 0 bridgehead atoms. The molecule has 8 nitrogen and oxygen atoms in total. The van der Waals surface area contributed by atoms with E-state index in [0.29, 0.717) is 0 Å². The van der Waals surface area contributed by atoms with Crippen molar-refractivity contribution in [3.63, 3.8) is 0 Å². The molecule has 9 heteroatoms. The van der Waals surface area contributed by atoms with Gasteiger partial charge in [-0.3, -0.25) is 14.1 Å². The second kappa shape index (κ2) is 21.6. The summed E-state index contributed by atoms with van der Waals surface area (Å²) in [7, 11) is -4.69. The average Bonchev–Trinajstić information content (AvgIpc) is 2.74. The summed E-state index contributed by atoms with van der Waals surface area (Å²) in [5.74, 6) is -1.07. The Bertz CT molecular complexity index is 535. The zero-order valence-corrected chi connectivity index (χ0v) is 21.7. The Labute approximate surface area is 200 Å². The first-order valence-electron chi connectivity index (χ1n) is 12.8. The van der Waals surface area contributed by atoms with E-state index in [0.717, 1.165) is 26.2 Å². The van der Waals surface area contributed by atoms with Gasteiger partial charge in [0.15, 0.2) is 6.10 Å². The number of carbonyl (C=O) groups excluding carboxylic acids is 2. The molecule has 0 rings (SSSR count). The molecule has 196 valence electrons. The number of hydrogen-bond acceptors (Lipinski definition) is 6. The minimum absolute atomic E-state index is 0.268. The van der Waals surface area contributed by atoms with E-state index >= 15 is 0 Å². The zero-order valence-electron chi connectivity index (χ0n) is 20.8. The predicted molar refractivity (Wildman–Crippen MR) is 129 cm³/mol. The molecule has 0 fully saturated rings. The largest absolute Gasteiger partial charge is 0.469 e. The molecule has 0 saturated carbocycles. The summed E-state index contributed by atoms with van der Waals surface area (Å²) in [6.07, 6.45) is 19.4. The molecule has 0 spiro atoms. The van der Waals surface area contributed by atoms with Gasteiger partial charge in [0.25, 0.3) is 0 Å². The fraction of sp³-hybridized carbons (Fsp3) is 0.917. The van der Waals surface area contributed by atoms with E-state index in [-0.39, 0.29) is 13.0 Å². The fourth-order valence-corrected chi connectivity index (χ4v) is 3.97. The van der Waals surface area contributed by atoms with Crippen LogP contribution in [0.3, 0.4) is 0 Å². The Morgan fingerprint density at radius 3 is 1.55 bits per heavy atom. The lowest BCUT2D eigenvalue weighted by atomic mass is 10.0. The van der Waals surface area contributed by atoms with Crippen molar-refractivity contribution in [2.45, 2.75) is 129 Å². The van der Waals surface area contributed by atoms with E-state index in [1.807, 2.05) is 0 Å². The number of phosphoric ester groups is 1. The summed E-state index contributed by atoms with van der Waals surface area (Å²) < 4.78 is 25.0. The number of rotatable bonds is 23. The highest BCUT2D eigenvalue weighted by Crippen LogP contribution is 2.35. The Kier molecular flexibility index (Phi) is 21.0. The summed E-state index contributed by atoms with van der Waals surface area (Å²) in [4.78, 5) is 40.3. The third-order valence-corrected chi connectivity index (χ3v) is 5.91. The van der Waals surface area contributed by atoms with Crippen molar-refractivity contribution in [2.24, 2.45) is 0 Å². The van der Waals surface area contributed by atoms with Gasteiger partial charge in [-0.25, -0.2) is 4.57 Å². The van der Waals surface area contributed by atoms with E-state index in [1.165, 1.54) is 83.5 Å². The van der Waals surface area contributed by atoms with Crippen LogP contribution < -0.4 is 0 Å². The number of ether oxygens (including phenoxy) is 2. The van der Waals surface area contributed by atoms with Gasteiger partial charge in [-0.1, -0.05) is 103 Å². The summed E-state index contributed by atoms with van der Waals surface area (Å²) in [6, 6.07) is 0. The van der Waals surface area contributed by atoms with Gasteiger partial charge in [-0.05, 0) is 6.42 Å². The summed E-state index contributed by atoms with van der Waals surface area (Å²) in [5, 5.41) is 0. The Hall–Kier alpha value is -0.950. The molecule has 0 aromatic rings. The van der Waals surface area contributed by atoms with E-state index in [2.05, 4.69) is 11.4 Å². The smallest absolute Gasteiger partial charge is 0.462 e. The molecule has 0 amide bonds. The number of carbonyl (C=O) groups is 2. The minimum Gasteiger partial charge on any atom is -0.462 e. The van der Waals surface area contributed by atoms with Gasteiger partial charge in [-0.15, -0.1) is 0 Å². The van der Waals surface area contributed by atoms with Gasteiger partial charge in [-0.2, -0.15) is 0 Å². The average molecular weight is 495 g/mol. The van der Waals surface area contributed by atoms with Gasteiger partial charge in [0.2, 0.25) is 0 Å². The molecule has 0 aliphatic carbocycles. The zero-order chi connectivity index (χ0) is 24.8. The number of esters is 2. The van der Waals surface area contributed by atoms with Crippen molar-refractivity contribution in [1.29, 1.82) is 0 Å². The van der Waals surface area contributed by atoms with Crippen LogP contribution in [0.2, 0.25) is 0 Å². The second-order valence-electron chi connectivity index (χ2n) is 8.75. The minimum atomic E-state index is -4.69. The quantitative estimate of drug-likeness (QED) is 0.0975. The predicted octanol–water partition coefficient (Wildman–Crippen LogP) is 6.22. The Morgan fingerprint density at radius 2 is 1.15 bits per heavy atom. The molecular formula is C24H47O8P. The number of phosphoric acid groups is 1. The molecule has 0 aliphatic heterocycles. The van der Waals surface area contributed by atoms with Gasteiger partial charge in [0.05, 0.1) is 6.61 Å². The summed E-state index contributed by atoms with van der Waals surface area (Å²) in [6.45, 7) is 2.57. The molecular weight excluding hydrogens is 447 g/mol. The first kappa shape index (κ1) is 32.0. The lowest BCUT2D eigenvalue weighted by Gasteiger charge is -2.17. The molecule has 0 heterocycles. The SMILES string of the molecule is CCCCCCCCCCCCCCCCCCC(=O)OC[C@H](COP(=O)(O)O)OC(C)=O. The molecule has 0 saturated heterocycles. The molecule has 0 aromatic heterocycles. The molecule has 0 aromatic carbocycles. The van der Waals surface area contributed by atoms with Crippen LogP contribution >= 0.6 is 7.82 Å². The normalized spacial score (nSPS) is 12.5. The first-order chi connectivity index (χ1) is 15.7. The standard InChI is InChI=1S/C24H47O8P/c1-3-4-5-6-7-8-9-10-11-12-13-14-15-16-17-18-19-24(26)30-20-23(32-22(2)25)21-31-33(27,28)29/h23H,3-21H2,1-2H3,(H2,27,28,29)/t23-/m1/s1. The van der Waals surface area contributed by atoms with Crippen LogP contribution in [0.1, 0.15) is 123 Å². The third kappa shape index (κ3) is 25.5. The maximum Gasteiger partial charge on any atom is 0.469 e. The molecule has 2 N–H and O–H groups in total. The maximum absolute atomic E-state index is 11.8. The van der Waals surface area contributed by atoms with Crippen molar-refractivity contribution in [3.8, 4) is 0 Å². The molecule has 0 unspecified atom stereocenters. The third-order valence-electron chi connectivity index (χ3n) is 5.43. The topological polar surface area (TPSA) is 119 Å². The van der Waals surface area contributed by atoms with Gasteiger partial charge in [0, 0.05) is 13.3 Å². The molecule has 33 heavy (non-hydrogen) atoms. The van der Waals surface area contributed by atoms with Crippen LogP contribution in [-0.4, -0.2) is 41.0 Å². The van der Waals surface area contributed by atoms with Crippen molar-refractivity contribution in [3.05, 3.63) is 0 Å². The van der Waals surface area contributed by atoms with E-state index in [4.69, 9.17) is 19.3 Å². The van der Waals surface area contributed by atoms with Crippen LogP contribution in [0, 0.1) is 0 Å². The van der Waals surface area contributed by atoms with Crippen LogP contribution in [0.5, 0.6) is 0 Å². The monoisotopic (exact) mass is 494 g/mol. The van der Waals surface area contributed by atoms with E-state index in [1.54, 1.807) is 0 Å². The second-order valence-corrected chi connectivity index (χ2v) is 9.99. The fourth-order valence-electron chi connectivity index (χ4n) is 3.61. The van der Waals surface area contributed by atoms with Gasteiger partial charge >= 0.3 is 19.8 Å². The van der Waals surface area contributed by atoms with Gasteiger partial charge in [0.1, 0.15) is 6.61 Å². The number of unbranched alkanes of at least 4 members (excludes halogenated alkanes) is 15. The van der Waals surface area contributed by atoms with Crippen LogP contribution in [0.25, 0.3) is 0 Å². The van der Waals surface area contributed by atoms with E-state index in [9.17, 15) is 14.2 Å².